The topological polar surface area (TPSA) is 43.4 Å². The number of carbonyl (C=O) groups excluding carboxylic acids is 2. The minimum Gasteiger partial charge on any atom is -0.393 e. The fourth-order valence-electron chi connectivity index (χ4n) is 1.61. The van der Waals surface area contributed by atoms with E-state index in [4.69, 9.17) is 0 Å². The molecule has 12 heavy (non-hydrogen) atoms. The standard InChI is InChI=1S/C8H7BrO3/c9-4-1-2-5-6(3-4)8(11)12-7(5)10/h1,5-6H,2-3H2. The second-order valence-electron chi connectivity index (χ2n) is 3.04. The molecule has 0 spiro atoms. The maximum absolute atomic E-state index is 11.1. The van der Waals surface area contributed by atoms with Gasteiger partial charge in [-0.15, -0.1) is 0 Å². The highest BCUT2D eigenvalue weighted by atomic mass is 79.9. The number of esters is 2. The minimum absolute atomic E-state index is 0.223. The average Bonchev–Trinajstić information content (AvgIpc) is 2.28. The van der Waals surface area contributed by atoms with Gasteiger partial charge in [0.25, 0.3) is 0 Å². The zero-order valence-corrected chi connectivity index (χ0v) is 7.83. The first kappa shape index (κ1) is 7.98. The summed E-state index contributed by atoms with van der Waals surface area (Å²) in [6.07, 6.45) is 3.16. The highest BCUT2D eigenvalue weighted by molar-refractivity contribution is 9.11. The zero-order chi connectivity index (χ0) is 8.72. The third-order valence-electron chi connectivity index (χ3n) is 2.30. The molecule has 2 aliphatic rings. The fourth-order valence-corrected chi connectivity index (χ4v) is 2.15. The van der Waals surface area contributed by atoms with Crippen molar-refractivity contribution in [3.8, 4) is 0 Å². The Morgan fingerprint density at radius 1 is 1.33 bits per heavy atom. The lowest BCUT2D eigenvalue weighted by atomic mass is 9.85. The molecule has 0 saturated carbocycles. The lowest BCUT2D eigenvalue weighted by Gasteiger charge is -2.16. The summed E-state index contributed by atoms with van der Waals surface area (Å²) in [6.45, 7) is 0. The number of allylic oxidation sites excluding steroid dienone is 2. The molecule has 3 nitrogen and oxygen atoms in total. The van der Waals surface area contributed by atoms with E-state index in [1.54, 1.807) is 0 Å². The lowest BCUT2D eigenvalue weighted by Crippen LogP contribution is -2.20. The van der Waals surface area contributed by atoms with Crippen molar-refractivity contribution < 1.29 is 14.3 Å². The summed E-state index contributed by atoms with van der Waals surface area (Å²) >= 11 is 3.31. The number of cyclic esters (lactones) is 2. The summed E-state index contributed by atoms with van der Waals surface area (Å²) in [5.41, 5.74) is 0. The van der Waals surface area contributed by atoms with E-state index in [0.29, 0.717) is 12.8 Å². The van der Waals surface area contributed by atoms with Gasteiger partial charge in [-0.1, -0.05) is 22.0 Å². The highest BCUT2D eigenvalue weighted by Crippen LogP contribution is 2.37. The van der Waals surface area contributed by atoms with Crippen LogP contribution in [0.4, 0.5) is 0 Å². The van der Waals surface area contributed by atoms with Crippen LogP contribution in [0, 0.1) is 11.8 Å². The molecule has 0 aromatic rings. The minimum atomic E-state index is -0.366. The lowest BCUT2D eigenvalue weighted by molar-refractivity contribution is -0.153. The Kier molecular flexibility index (Phi) is 1.79. The van der Waals surface area contributed by atoms with Gasteiger partial charge < -0.3 is 4.74 Å². The first-order chi connectivity index (χ1) is 5.68. The molecular formula is C8H7BrO3. The van der Waals surface area contributed by atoms with E-state index in [2.05, 4.69) is 20.7 Å². The quantitative estimate of drug-likeness (QED) is 0.467. The number of carbonyl (C=O) groups is 2. The second-order valence-corrected chi connectivity index (χ2v) is 4.06. The molecule has 0 amide bonds. The molecule has 0 aromatic heterocycles. The van der Waals surface area contributed by atoms with Crippen LogP contribution < -0.4 is 0 Å². The Balaban J connectivity index is 2.27. The van der Waals surface area contributed by atoms with E-state index in [0.717, 1.165) is 4.48 Å². The monoisotopic (exact) mass is 230 g/mol. The van der Waals surface area contributed by atoms with Gasteiger partial charge in [0.1, 0.15) is 0 Å². The molecule has 0 N–H and O–H groups in total. The Morgan fingerprint density at radius 2 is 2.00 bits per heavy atom. The fraction of sp³-hybridized carbons (Fsp3) is 0.500. The van der Waals surface area contributed by atoms with Gasteiger partial charge in [0.2, 0.25) is 0 Å². The van der Waals surface area contributed by atoms with Gasteiger partial charge in [0, 0.05) is 0 Å². The van der Waals surface area contributed by atoms with Crippen molar-refractivity contribution in [3.63, 3.8) is 0 Å². The van der Waals surface area contributed by atoms with E-state index in [1.807, 2.05) is 6.08 Å². The average molecular weight is 231 g/mol. The van der Waals surface area contributed by atoms with Crippen LogP contribution >= 0.6 is 15.9 Å². The predicted octanol–water partition coefficient (Wildman–Crippen LogP) is 1.37. The normalized spacial score (nSPS) is 34.2. The Morgan fingerprint density at radius 3 is 2.75 bits per heavy atom. The number of ether oxygens (including phenoxy) is 1. The van der Waals surface area contributed by atoms with Gasteiger partial charge in [0.15, 0.2) is 0 Å². The van der Waals surface area contributed by atoms with Crippen molar-refractivity contribution in [2.24, 2.45) is 11.8 Å². The van der Waals surface area contributed by atoms with Gasteiger partial charge in [0.05, 0.1) is 11.8 Å². The highest BCUT2D eigenvalue weighted by Gasteiger charge is 2.45. The molecule has 4 heteroatoms. The van der Waals surface area contributed by atoms with Crippen molar-refractivity contribution in [1.82, 2.24) is 0 Å². The van der Waals surface area contributed by atoms with E-state index >= 15 is 0 Å². The third kappa shape index (κ3) is 1.10. The summed E-state index contributed by atoms with van der Waals surface area (Å²) < 4.78 is 5.52. The molecule has 1 saturated heterocycles. The van der Waals surface area contributed by atoms with Crippen LogP contribution in [0.2, 0.25) is 0 Å². The molecule has 0 bridgehead atoms. The first-order valence-electron chi connectivity index (χ1n) is 3.78. The zero-order valence-electron chi connectivity index (χ0n) is 6.25. The maximum Gasteiger partial charge on any atom is 0.317 e. The summed E-state index contributed by atoms with van der Waals surface area (Å²) in [4.78, 5) is 22.1. The second kappa shape index (κ2) is 2.69. The van der Waals surface area contributed by atoms with Crippen molar-refractivity contribution in [3.05, 3.63) is 10.6 Å². The van der Waals surface area contributed by atoms with Crippen LogP contribution in [-0.4, -0.2) is 11.9 Å². The van der Waals surface area contributed by atoms with Crippen molar-refractivity contribution >= 4 is 27.9 Å². The van der Waals surface area contributed by atoms with Crippen LogP contribution in [0.25, 0.3) is 0 Å². The first-order valence-corrected chi connectivity index (χ1v) is 4.58. The Labute approximate surface area is 77.9 Å². The largest absolute Gasteiger partial charge is 0.393 e. The van der Waals surface area contributed by atoms with Gasteiger partial charge >= 0.3 is 11.9 Å². The predicted molar refractivity (Wildman–Crippen MR) is 44.3 cm³/mol. The van der Waals surface area contributed by atoms with Gasteiger partial charge in [-0.05, 0) is 17.3 Å². The van der Waals surface area contributed by atoms with E-state index in [1.165, 1.54) is 0 Å². The molecule has 1 fully saturated rings. The number of hydrogen-bond donors (Lipinski definition) is 0. The number of rotatable bonds is 0. The van der Waals surface area contributed by atoms with E-state index in [-0.39, 0.29) is 23.8 Å². The van der Waals surface area contributed by atoms with Gasteiger partial charge in [-0.3, -0.25) is 9.59 Å². The molecule has 1 aliphatic heterocycles. The molecule has 1 heterocycles. The van der Waals surface area contributed by atoms with Crippen LogP contribution in [-0.2, 0) is 14.3 Å². The van der Waals surface area contributed by atoms with Crippen molar-refractivity contribution in [2.45, 2.75) is 12.8 Å². The summed E-state index contributed by atoms with van der Waals surface area (Å²) in [6, 6.07) is 0. The summed E-state index contributed by atoms with van der Waals surface area (Å²) in [7, 11) is 0. The van der Waals surface area contributed by atoms with Gasteiger partial charge in [-0.25, -0.2) is 0 Å². The van der Waals surface area contributed by atoms with Crippen molar-refractivity contribution in [2.75, 3.05) is 0 Å². The number of fused-ring (bicyclic) bond motifs is 1. The van der Waals surface area contributed by atoms with Crippen LogP contribution in [0.1, 0.15) is 12.8 Å². The third-order valence-corrected chi connectivity index (χ3v) is 2.95. The molecule has 1 aliphatic carbocycles. The Bertz CT molecular complexity index is 282. The molecule has 64 valence electrons. The number of hydrogen-bond acceptors (Lipinski definition) is 3. The number of halogens is 1. The molecule has 0 radical (unpaired) electrons. The van der Waals surface area contributed by atoms with Gasteiger partial charge in [-0.2, -0.15) is 0 Å². The molecule has 0 aromatic carbocycles. The van der Waals surface area contributed by atoms with Crippen LogP contribution in [0.15, 0.2) is 10.6 Å². The van der Waals surface area contributed by atoms with Crippen LogP contribution in [0.3, 0.4) is 0 Å². The molecule has 2 unspecified atom stereocenters. The summed E-state index contributed by atoms with van der Waals surface area (Å²) in [5.74, 6) is -1.19. The molecular weight excluding hydrogens is 224 g/mol. The van der Waals surface area contributed by atoms with Crippen LogP contribution in [0.5, 0.6) is 0 Å². The molecule has 2 atom stereocenters. The SMILES string of the molecule is O=C1OC(=O)C2CC(Br)=CCC12. The van der Waals surface area contributed by atoms with E-state index in [9.17, 15) is 9.59 Å². The van der Waals surface area contributed by atoms with Crippen molar-refractivity contribution in [1.29, 1.82) is 0 Å². The maximum atomic E-state index is 11.1. The molecule has 2 rings (SSSR count). The smallest absolute Gasteiger partial charge is 0.317 e. The summed E-state index contributed by atoms with van der Waals surface area (Å²) in [5, 5.41) is 0. The Hall–Kier alpha value is -0.640. The van der Waals surface area contributed by atoms with E-state index < -0.39 is 0 Å².